The number of benzene rings is 2. The van der Waals surface area contributed by atoms with Crippen molar-refractivity contribution in [3.8, 4) is 29.1 Å². The molecule has 5 nitrogen and oxygen atoms in total. The van der Waals surface area contributed by atoms with Crippen molar-refractivity contribution >= 4 is 23.6 Å². The fraction of sp³-hybridized carbons (Fsp3) is 0.190. The van der Waals surface area contributed by atoms with E-state index in [-0.39, 0.29) is 12.5 Å². The van der Waals surface area contributed by atoms with Gasteiger partial charge in [-0.1, -0.05) is 35.6 Å². The van der Waals surface area contributed by atoms with E-state index in [2.05, 4.69) is 17.2 Å². The summed E-state index contributed by atoms with van der Waals surface area (Å²) in [6.45, 7) is 0.212. The summed E-state index contributed by atoms with van der Waals surface area (Å²) in [5.74, 6) is 7.05. The first-order valence-corrected chi connectivity index (χ1v) is 8.46. The molecule has 0 saturated carbocycles. The summed E-state index contributed by atoms with van der Waals surface area (Å²) in [6.07, 6.45) is 3.07. The Bertz CT molecular complexity index is 872. The molecular weight excluding hydrogens is 366 g/mol. The molecule has 0 unspecified atom stereocenters. The summed E-state index contributed by atoms with van der Waals surface area (Å²) in [5, 5.41) is 3.27. The van der Waals surface area contributed by atoms with Crippen molar-refractivity contribution < 1.29 is 19.0 Å². The molecule has 27 heavy (non-hydrogen) atoms. The summed E-state index contributed by atoms with van der Waals surface area (Å²) >= 11 is 6.02. The highest BCUT2D eigenvalue weighted by molar-refractivity contribution is 6.31. The maximum absolute atomic E-state index is 11.9. The summed E-state index contributed by atoms with van der Waals surface area (Å²) in [4.78, 5) is 11.9. The number of ether oxygens (including phenoxy) is 3. The van der Waals surface area contributed by atoms with Crippen LogP contribution in [0, 0.1) is 11.8 Å². The van der Waals surface area contributed by atoms with E-state index in [1.807, 2.05) is 18.2 Å². The quantitative estimate of drug-likeness (QED) is 0.610. The maximum Gasteiger partial charge on any atom is 0.244 e. The molecule has 1 amide bonds. The van der Waals surface area contributed by atoms with Gasteiger partial charge in [0.25, 0.3) is 0 Å². The van der Waals surface area contributed by atoms with Gasteiger partial charge in [-0.05, 0) is 35.9 Å². The monoisotopic (exact) mass is 385 g/mol. The second-order valence-corrected chi connectivity index (χ2v) is 5.70. The van der Waals surface area contributed by atoms with E-state index in [1.54, 1.807) is 24.3 Å². The number of carbonyl (C=O) groups is 1. The smallest absolute Gasteiger partial charge is 0.244 e. The van der Waals surface area contributed by atoms with Crippen LogP contribution in [0.5, 0.6) is 17.2 Å². The lowest BCUT2D eigenvalue weighted by Crippen LogP contribution is -2.20. The van der Waals surface area contributed by atoms with E-state index in [4.69, 9.17) is 25.8 Å². The highest BCUT2D eigenvalue weighted by atomic mass is 35.5. The first kappa shape index (κ1) is 20.2. The SMILES string of the molecule is COc1cc(/C=C/C(=O)NCC#Cc2ccccc2Cl)cc(OC)c1OC. The minimum absolute atomic E-state index is 0.212. The van der Waals surface area contributed by atoms with Gasteiger partial charge in [0, 0.05) is 11.6 Å². The molecule has 0 aliphatic rings. The molecule has 2 rings (SSSR count). The zero-order chi connectivity index (χ0) is 19.6. The lowest BCUT2D eigenvalue weighted by atomic mass is 10.1. The zero-order valence-corrected chi connectivity index (χ0v) is 16.1. The molecule has 0 aromatic heterocycles. The number of rotatable bonds is 6. The topological polar surface area (TPSA) is 56.8 Å². The van der Waals surface area contributed by atoms with Gasteiger partial charge in [0.15, 0.2) is 11.5 Å². The van der Waals surface area contributed by atoms with Crippen LogP contribution >= 0.6 is 11.6 Å². The van der Waals surface area contributed by atoms with Crippen LogP contribution in [0.3, 0.4) is 0 Å². The van der Waals surface area contributed by atoms with Crippen molar-refractivity contribution in [1.29, 1.82) is 0 Å². The normalized spacial score (nSPS) is 10.1. The van der Waals surface area contributed by atoms with Crippen molar-refractivity contribution in [2.45, 2.75) is 0 Å². The van der Waals surface area contributed by atoms with Crippen molar-refractivity contribution in [1.82, 2.24) is 5.32 Å². The minimum Gasteiger partial charge on any atom is -0.493 e. The third kappa shape index (κ3) is 5.70. The molecule has 0 radical (unpaired) electrons. The minimum atomic E-state index is -0.266. The molecule has 140 valence electrons. The van der Waals surface area contributed by atoms with Crippen LogP contribution in [0.2, 0.25) is 5.02 Å². The fourth-order valence-electron chi connectivity index (χ4n) is 2.26. The Hall–Kier alpha value is -3.10. The molecule has 2 aromatic carbocycles. The number of carbonyl (C=O) groups excluding carboxylic acids is 1. The summed E-state index contributed by atoms with van der Waals surface area (Å²) in [6, 6.07) is 10.8. The van der Waals surface area contributed by atoms with Crippen LogP contribution in [0.4, 0.5) is 0 Å². The van der Waals surface area contributed by atoms with E-state index in [0.717, 1.165) is 11.1 Å². The van der Waals surface area contributed by atoms with Gasteiger partial charge in [-0.3, -0.25) is 4.79 Å². The standard InChI is InChI=1S/C21H20ClNO4/c1-25-18-13-15(14-19(26-2)21(18)27-3)10-11-20(24)23-12-6-8-16-7-4-5-9-17(16)22/h4-5,7,9-11,13-14H,12H2,1-3H3,(H,23,24)/b11-10+. The first-order chi connectivity index (χ1) is 13.1. The Morgan fingerprint density at radius 3 is 2.37 bits per heavy atom. The Balaban J connectivity index is 2.00. The van der Waals surface area contributed by atoms with Gasteiger partial charge in [0.1, 0.15) is 0 Å². The van der Waals surface area contributed by atoms with Crippen molar-refractivity contribution in [2.75, 3.05) is 27.9 Å². The van der Waals surface area contributed by atoms with Gasteiger partial charge in [-0.15, -0.1) is 0 Å². The Morgan fingerprint density at radius 2 is 1.78 bits per heavy atom. The number of hydrogen-bond donors (Lipinski definition) is 1. The Morgan fingerprint density at radius 1 is 1.11 bits per heavy atom. The van der Waals surface area contributed by atoms with E-state index < -0.39 is 0 Å². The Labute approximate surface area is 163 Å². The van der Waals surface area contributed by atoms with Gasteiger partial charge < -0.3 is 19.5 Å². The third-order valence-electron chi connectivity index (χ3n) is 3.56. The number of methoxy groups -OCH3 is 3. The molecule has 0 aliphatic heterocycles. The van der Waals surface area contributed by atoms with Gasteiger partial charge in [-0.25, -0.2) is 0 Å². The van der Waals surface area contributed by atoms with E-state index in [0.29, 0.717) is 22.3 Å². The predicted molar refractivity (Wildman–Crippen MR) is 106 cm³/mol. The lowest BCUT2D eigenvalue weighted by Gasteiger charge is -2.12. The second-order valence-electron chi connectivity index (χ2n) is 5.29. The number of amides is 1. The molecule has 0 fully saturated rings. The summed E-state index contributed by atoms with van der Waals surface area (Å²) < 4.78 is 15.8. The molecular formula is C21H20ClNO4. The lowest BCUT2D eigenvalue weighted by molar-refractivity contribution is -0.116. The van der Waals surface area contributed by atoms with Crippen molar-refractivity contribution in [3.05, 3.63) is 58.6 Å². The van der Waals surface area contributed by atoms with Crippen LogP contribution in [0.25, 0.3) is 6.08 Å². The highest BCUT2D eigenvalue weighted by Crippen LogP contribution is 2.38. The van der Waals surface area contributed by atoms with Gasteiger partial charge >= 0.3 is 0 Å². The number of hydrogen-bond acceptors (Lipinski definition) is 4. The molecule has 1 N–H and O–H groups in total. The molecule has 6 heteroatoms. The molecule has 0 bridgehead atoms. The van der Waals surface area contributed by atoms with Gasteiger partial charge in [-0.2, -0.15) is 0 Å². The number of nitrogens with one attached hydrogen (secondary N) is 1. The Kier molecular flexibility index (Phi) is 7.60. The summed E-state index contributed by atoms with van der Waals surface area (Å²) in [5.41, 5.74) is 1.46. The fourth-order valence-corrected chi connectivity index (χ4v) is 2.44. The van der Waals surface area contributed by atoms with Crippen molar-refractivity contribution in [3.63, 3.8) is 0 Å². The molecule has 2 aromatic rings. The van der Waals surface area contributed by atoms with Crippen molar-refractivity contribution in [2.24, 2.45) is 0 Å². The molecule has 0 heterocycles. The number of halogens is 1. The first-order valence-electron chi connectivity index (χ1n) is 8.08. The van der Waals surface area contributed by atoms with Gasteiger partial charge in [0.2, 0.25) is 11.7 Å². The zero-order valence-electron chi connectivity index (χ0n) is 15.3. The second kappa shape index (κ2) is 10.1. The van der Waals surface area contributed by atoms with Gasteiger partial charge in [0.05, 0.1) is 32.9 Å². The van der Waals surface area contributed by atoms with Crippen LogP contribution in [0.1, 0.15) is 11.1 Å². The largest absolute Gasteiger partial charge is 0.493 e. The highest BCUT2D eigenvalue weighted by Gasteiger charge is 2.12. The molecule has 0 spiro atoms. The van der Waals surface area contributed by atoms with Crippen LogP contribution in [-0.4, -0.2) is 33.8 Å². The average Bonchev–Trinajstić information content (AvgIpc) is 2.69. The van der Waals surface area contributed by atoms with Crippen LogP contribution in [0.15, 0.2) is 42.5 Å². The van der Waals surface area contributed by atoms with E-state index in [9.17, 15) is 4.79 Å². The predicted octanol–water partition coefficient (Wildman–Crippen LogP) is 3.55. The van der Waals surface area contributed by atoms with E-state index >= 15 is 0 Å². The molecule has 0 aliphatic carbocycles. The summed E-state index contributed by atoms with van der Waals surface area (Å²) in [7, 11) is 4.61. The maximum atomic E-state index is 11.9. The van der Waals surface area contributed by atoms with Crippen LogP contribution < -0.4 is 19.5 Å². The molecule has 0 atom stereocenters. The average molecular weight is 386 g/mol. The third-order valence-corrected chi connectivity index (χ3v) is 3.89. The van der Waals surface area contributed by atoms with Crippen LogP contribution in [-0.2, 0) is 4.79 Å². The van der Waals surface area contributed by atoms with E-state index in [1.165, 1.54) is 27.4 Å². The molecule has 0 saturated heterocycles.